The van der Waals surface area contributed by atoms with Crippen LogP contribution in [0.4, 0.5) is 13.2 Å². The number of halogens is 3. The summed E-state index contributed by atoms with van der Waals surface area (Å²) in [5, 5.41) is 12.6. The minimum atomic E-state index is -5.19. The Kier molecular flexibility index (Phi) is 7.92. The highest BCUT2D eigenvalue weighted by molar-refractivity contribution is 7.89. The highest BCUT2D eigenvalue weighted by atomic mass is 32.2. The maximum atomic E-state index is 11.3. The molecule has 1 N–H and O–H groups in total. The van der Waals surface area contributed by atoms with E-state index in [2.05, 4.69) is 9.84 Å². The number of ether oxygens (including phenoxy) is 1. The Morgan fingerprint density at radius 2 is 1.88 bits per heavy atom. The molecule has 0 radical (unpaired) electrons. The van der Waals surface area contributed by atoms with Crippen molar-refractivity contribution < 1.29 is 50.5 Å². The topological polar surface area (TPSA) is 146 Å². The SMILES string of the molecule is COC(=O)c1cc[n+](CC(=O)NS(C)(=O)=O)nc1.O=C([O-])C(F)(F)F. The number of alkyl halides is 3. The molecule has 140 valence electrons. The third kappa shape index (κ3) is 9.85. The second-order valence-electron chi connectivity index (χ2n) is 4.19. The summed E-state index contributed by atoms with van der Waals surface area (Å²) in [7, 11) is -2.34. The van der Waals surface area contributed by atoms with E-state index in [-0.39, 0.29) is 12.1 Å². The molecule has 0 aliphatic rings. The molecular formula is C11H12F3N3O7S. The van der Waals surface area contributed by atoms with Gasteiger partial charge in [0.2, 0.25) is 10.0 Å². The van der Waals surface area contributed by atoms with Gasteiger partial charge in [0.15, 0.2) is 6.20 Å². The lowest BCUT2D eigenvalue weighted by molar-refractivity contribution is -0.742. The van der Waals surface area contributed by atoms with Crippen molar-refractivity contribution in [2.75, 3.05) is 13.4 Å². The lowest BCUT2D eigenvalue weighted by Gasteiger charge is -2.03. The van der Waals surface area contributed by atoms with Gasteiger partial charge in [-0.1, -0.05) is 4.68 Å². The Bertz CT molecular complexity index is 732. The molecule has 0 aliphatic heterocycles. The van der Waals surface area contributed by atoms with Gasteiger partial charge in [-0.15, -0.1) is 0 Å². The first kappa shape index (κ1) is 22.2. The van der Waals surface area contributed by atoms with Crippen LogP contribution in [-0.2, 0) is 30.9 Å². The Morgan fingerprint density at radius 3 is 2.20 bits per heavy atom. The van der Waals surface area contributed by atoms with Gasteiger partial charge in [0, 0.05) is 6.07 Å². The van der Waals surface area contributed by atoms with E-state index in [9.17, 15) is 31.2 Å². The average Bonchev–Trinajstić information content (AvgIpc) is 2.44. The van der Waals surface area contributed by atoms with Crippen molar-refractivity contribution in [2.24, 2.45) is 0 Å². The predicted octanol–water partition coefficient (Wildman–Crippen LogP) is -2.47. The molecule has 1 aromatic heterocycles. The number of nitrogens with zero attached hydrogens (tertiary/aromatic N) is 2. The number of carboxylic acids is 1. The van der Waals surface area contributed by atoms with Gasteiger partial charge in [0.05, 0.1) is 18.9 Å². The van der Waals surface area contributed by atoms with E-state index in [1.165, 1.54) is 30.3 Å². The second kappa shape index (κ2) is 8.91. The molecule has 0 aliphatic carbocycles. The minimum absolute atomic E-state index is 0.234. The first-order valence-corrected chi connectivity index (χ1v) is 7.88. The monoisotopic (exact) mass is 387 g/mol. The fourth-order valence-electron chi connectivity index (χ4n) is 1.10. The van der Waals surface area contributed by atoms with E-state index in [0.29, 0.717) is 0 Å². The van der Waals surface area contributed by atoms with E-state index in [1.54, 1.807) is 4.72 Å². The number of carbonyl (C=O) groups is 3. The van der Waals surface area contributed by atoms with Crippen molar-refractivity contribution in [3.05, 3.63) is 24.0 Å². The van der Waals surface area contributed by atoms with Crippen LogP contribution in [0, 0.1) is 0 Å². The molecule has 0 saturated carbocycles. The molecule has 1 heterocycles. The van der Waals surface area contributed by atoms with Gasteiger partial charge in [-0.2, -0.15) is 13.2 Å². The van der Waals surface area contributed by atoms with E-state index in [0.717, 1.165) is 6.26 Å². The van der Waals surface area contributed by atoms with Gasteiger partial charge >= 0.3 is 18.1 Å². The third-order valence-corrected chi connectivity index (χ3v) is 2.63. The normalized spacial score (nSPS) is 10.9. The second-order valence-corrected chi connectivity index (χ2v) is 5.94. The molecule has 25 heavy (non-hydrogen) atoms. The van der Waals surface area contributed by atoms with Crippen molar-refractivity contribution in [2.45, 2.75) is 12.7 Å². The Labute approximate surface area is 139 Å². The van der Waals surface area contributed by atoms with E-state index >= 15 is 0 Å². The molecule has 0 bridgehead atoms. The number of hydrogen-bond donors (Lipinski definition) is 1. The predicted molar refractivity (Wildman–Crippen MR) is 69.8 cm³/mol. The van der Waals surface area contributed by atoms with Crippen LogP contribution in [0.3, 0.4) is 0 Å². The molecule has 0 spiro atoms. The van der Waals surface area contributed by atoms with Gasteiger partial charge in [-0.25, -0.2) is 17.9 Å². The third-order valence-electron chi connectivity index (χ3n) is 2.03. The summed E-state index contributed by atoms with van der Waals surface area (Å²) in [6.45, 7) is -0.269. The minimum Gasteiger partial charge on any atom is -0.542 e. The first-order chi connectivity index (χ1) is 11.3. The zero-order chi connectivity index (χ0) is 19.8. The van der Waals surface area contributed by atoms with Gasteiger partial charge in [-0.05, 0) is 5.10 Å². The van der Waals surface area contributed by atoms with Crippen LogP contribution in [-0.4, -0.2) is 50.9 Å². The summed E-state index contributed by atoms with van der Waals surface area (Å²) in [5.41, 5.74) is 0.234. The number of carbonyl (C=O) groups excluding carboxylic acids is 3. The largest absolute Gasteiger partial charge is 0.542 e. The molecule has 1 amide bonds. The molecule has 0 fully saturated rings. The number of esters is 1. The smallest absolute Gasteiger partial charge is 0.430 e. The maximum Gasteiger partial charge on any atom is 0.430 e. The van der Waals surface area contributed by atoms with Gasteiger partial charge in [0.25, 0.3) is 6.54 Å². The number of nitrogens with one attached hydrogen (secondary N) is 1. The van der Waals surface area contributed by atoms with E-state index < -0.39 is 34.0 Å². The van der Waals surface area contributed by atoms with Crippen LogP contribution in [0.25, 0.3) is 0 Å². The van der Waals surface area contributed by atoms with E-state index in [4.69, 9.17) is 9.90 Å². The van der Waals surface area contributed by atoms with Crippen molar-refractivity contribution in [1.82, 2.24) is 9.82 Å². The molecule has 0 unspecified atom stereocenters. The summed E-state index contributed by atoms with van der Waals surface area (Å²) in [5.74, 6) is -4.27. The fourth-order valence-corrected chi connectivity index (χ4v) is 1.58. The quantitative estimate of drug-likeness (QED) is 0.442. The summed E-state index contributed by atoms with van der Waals surface area (Å²) >= 11 is 0. The Morgan fingerprint density at radius 1 is 1.36 bits per heavy atom. The molecule has 14 heteroatoms. The maximum absolute atomic E-state index is 11.3. The molecule has 1 aromatic rings. The van der Waals surface area contributed by atoms with Crippen LogP contribution >= 0.6 is 0 Å². The molecule has 1 rings (SSSR count). The van der Waals surface area contributed by atoms with Crippen molar-refractivity contribution in [3.8, 4) is 0 Å². The molecular weight excluding hydrogens is 375 g/mol. The summed E-state index contributed by atoms with van der Waals surface area (Å²) in [6.07, 6.45) is -1.73. The van der Waals surface area contributed by atoms with Crippen LogP contribution in [0.1, 0.15) is 10.4 Å². The van der Waals surface area contributed by atoms with Crippen LogP contribution in [0.5, 0.6) is 0 Å². The van der Waals surface area contributed by atoms with Crippen LogP contribution in [0.15, 0.2) is 18.5 Å². The summed E-state index contributed by atoms with van der Waals surface area (Å²) in [6, 6.07) is 1.41. The van der Waals surface area contributed by atoms with Crippen molar-refractivity contribution in [3.63, 3.8) is 0 Å². The average molecular weight is 387 g/mol. The van der Waals surface area contributed by atoms with Gasteiger partial charge < -0.3 is 14.6 Å². The number of sulfonamides is 1. The number of methoxy groups -OCH3 is 1. The number of aliphatic carboxylic acids is 1. The lowest BCUT2D eigenvalue weighted by atomic mass is 10.3. The number of aromatic nitrogens is 2. The van der Waals surface area contributed by atoms with Crippen molar-refractivity contribution >= 4 is 27.9 Å². The zero-order valence-electron chi connectivity index (χ0n) is 12.7. The molecule has 10 nitrogen and oxygen atoms in total. The van der Waals surface area contributed by atoms with Gasteiger partial charge in [0.1, 0.15) is 12.2 Å². The summed E-state index contributed by atoms with van der Waals surface area (Å²) < 4.78 is 60.6. The number of hydrogen-bond acceptors (Lipinski definition) is 8. The number of carboxylic acid groups (broad SMARTS) is 1. The Balaban J connectivity index is 0.000000697. The van der Waals surface area contributed by atoms with Crippen LogP contribution in [0.2, 0.25) is 0 Å². The highest BCUT2D eigenvalue weighted by Gasteiger charge is 2.28. The fraction of sp³-hybridized carbons (Fsp3) is 0.364. The Hall–Kier alpha value is -2.77. The molecule has 0 atom stereocenters. The summed E-state index contributed by atoms with van der Waals surface area (Å²) in [4.78, 5) is 31.1. The van der Waals surface area contributed by atoms with Crippen LogP contribution < -0.4 is 14.5 Å². The van der Waals surface area contributed by atoms with Crippen molar-refractivity contribution in [1.29, 1.82) is 0 Å². The first-order valence-electron chi connectivity index (χ1n) is 5.99. The van der Waals surface area contributed by atoms with Gasteiger partial charge in [-0.3, -0.25) is 4.79 Å². The number of amides is 1. The lowest BCUT2D eigenvalue weighted by Crippen LogP contribution is -2.46. The van der Waals surface area contributed by atoms with E-state index in [1.807, 2.05) is 0 Å². The molecule has 0 aromatic carbocycles. The number of rotatable bonds is 4. The standard InChI is InChI=1S/C9H11N3O5S.C2HF3O2/c1-17-9(14)7-3-4-12(10-5-7)6-8(13)11-18(2,15)16;3-2(4,5)1(6)7/h3-5H,6H2,1-2H3;(H,6,7). The molecule has 0 saturated heterocycles. The highest BCUT2D eigenvalue weighted by Crippen LogP contribution is 2.11. The zero-order valence-corrected chi connectivity index (χ0v) is 13.5.